The Balaban J connectivity index is 1.88. The molecule has 2 aromatic carbocycles. The zero-order valence-corrected chi connectivity index (χ0v) is 16.2. The number of rotatable bonds is 9. The smallest absolute Gasteiger partial charge is 0.228 e. The summed E-state index contributed by atoms with van der Waals surface area (Å²) in [7, 11) is -1.64. The molecule has 6 heteroatoms. The minimum atomic E-state index is -3.34. The predicted octanol–water partition coefficient (Wildman–Crippen LogP) is 2.93. The van der Waals surface area contributed by atoms with Crippen LogP contribution in [0, 0.1) is 0 Å². The Morgan fingerprint density at radius 2 is 1.50 bits per heavy atom. The second kappa shape index (κ2) is 9.50. The number of para-hydroxylation sites is 1. The molecule has 0 saturated heterocycles. The first-order valence-corrected chi connectivity index (χ1v) is 10.5. The van der Waals surface area contributed by atoms with Crippen LogP contribution in [0.25, 0.3) is 0 Å². The lowest BCUT2D eigenvalue weighted by molar-refractivity contribution is -0.118. The molecule has 0 saturated carbocycles. The number of benzene rings is 2. The lowest BCUT2D eigenvalue weighted by atomic mass is 10.1. The highest BCUT2D eigenvalue weighted by Gasteiger charge is 2.19. The van der Waals surface area contributed by atoms with E-state index in [2.05, 4.69) is 0 Å². The summed E-state index contributed by atoms with van der Waals surface area (Å²) in [5.74, 6) is -0.104. The maximum atomic E-state index is 12.4. The minimum absolute atomic E-state index is 0.104. The summed E-state index contributed by atoms with van der Waals surface area (Å²) in [4.78, 5) is 13.9. The zero-order valence-electron chi connectivity index (χ0n) is 15.3. The molecule has 0 N–H and O–H groups in total. The van der Waals surface area contributed by atoms with Crippen molar-refractivity contribution in [2.24, 2.45) is 0 Å². The van der Waals surface area contributed by atoms with Gasteiger partial charge in [-0.05, 0) is 30.5 Å². The number of sulfonamides is 1. The maximum Gasteiger partial charge on any atom is 0.228 e. The molecule has 0 unspecified atom stereocenters. The van der Waals surface area contributed by atoms with Gasteiger partial charge in [0.15, 0.2) is 0 Å². The van der Waals surface area contributed by atoms with E-state index < -0.39 is 10.0 Å². The summed E-state index contributed by atoms with van der Waals surface area (Å²) in [5.41, 5.74) is 1.98. The molecule has 0 fully saturated rings. The van der Waals surface area contributed by atoms with Gasteiger partial charge in [-0.3, -0.25) is 4.79 Å². The Labute approximate surface area is 156 Å². The average molecular weight is 375 g/mol. The largest absolute Gasteiger partial charge is 0.315 e. The normalized spacial score (nSPS) is 11.5. The van der Waals surface area contributed by atoms with Crippen LogP contribution in [0.5, 0.6) is 0 Å². The number of hydrogen-bond acceptors (Lipinski definition) is 3. The first kappa shape index (κ1) is 20.1. The van der Waals surface area contributed by atoms with Gasteiger partial charge in [0, 0.05) is 32.2 Å². The summed E-state index contributed by atoms with van der Waals surface area (Å²) in [5, 5.41) is 0. The molecule has 0 aromatic heterocycles. The SMILES string of the molecule is CN(C(=O)CCN(CCCc1ccccc1)S(C)(=O)=O)c1ccccc1. The fraction of sp³-hybridized carbons (Fsp3) is 0.350. The monoisotopic (exact) mass is 374 g/mol. The number of nitrogens with zero attached hydrogens (tertiary/aromatic N) is 2. The lowest BCUT2D eigenvalue weighted by Gasteiger charge is -2.22. The third-order valence-corrected chi connectivity index (χ3v) is 5.58. The summed E-state index contributed by atoms with van der Waals surface area (Å²) < 4.78 is 25.4. The van der Waals surface area contributed by atoms with E-state index in [0.29, 0.717) is 6.54 Å². The molecule has 0 aliphatic rings. The van der Waals surface area contributed by atoms with Crippen molar-refractivity contribution in [2.45, 2.75) is 19.3 Å². The van der Waals surface area contributed by atoms with Crippen LogP contribution in [0.4, 0.5) is 5.69 Å². The molecule has 0 bridgehead atoms. The van der Waals surface area contributed by atoms with E-state index in [4.69, 9.17) is 0 Å². The Morgan fingerprint density at radius 1 is 0.923 bits per heavy atom. The lowest BCUT2D eigenvalue weighted by Crippen LogP contribution is -2.36. The molecule has 0 radical (unpaired) electrons. The molecule has 0 atom stereocenters. The number of anilines is 1. The van der Waals surface area contributed by atoms with E-state index in [-0.39, 0.29) is 18.9 Å². The van der Waals surface area contributed by atoms with Crippen molar-refractivity contribution in [2.75, 3.05) is 31.3 Å². The topological polar surface area (TPSA) is 57.7 Å². The van der Waals surface area contributed by atoms with E-state index in [1.165, 1.54) is 16.1 Å². The van der Waals surface area contributed by atoms with Crippen molar-refractivity contribution >= 4 is 21.6 Å². The fourth-order valence-electron chi connectivity index (χ4n) is 2.73. The zero-order chi connectivity index (χ0) is 19.0. The van der Waals surface area contributed by atoms with Crippen LogP contribution in [-0.4, -0.2) is 45.0 Å². The highest BCUT2D eigenvalue weighted by Crippen LogP contribution is 2.13. The van der Waals surface area contributed by atoms with E-state index >= 15 is 0 Å². The molecule has 140 valence electrons. The summed E-state index contributed by atoms with van der Waals surface area (Å²) >= 11 is 0. The number of aryl methyl sites for hydroxylation is 1. The van der Waals surface area contributed by atoms with E-state index in [9.17, 15) is 13.2 Å². The molecule has 2 rings (SSSR count). The number of carbonyl (C=O) groups excluding carboxylic acids is 1. The van der Waals surface area contributed by atoms with Crippen LogP contribution in [0.3, 0.4) is 0 Å². The van der Waals surface area contributed by atoms with Gasteiger partial charge >= 0.3 is 0 Å². The quantitative estimate of drug-likeness (QED) is 0.678. The van der Waals surface area contributed by atoms with Crippen LogP contribution in [0.15, 0.2) is 60.7 Å². The summed E-state index contributed by atoms with van der Waals surface area (Å²) in [6.45, 7) is 0.611. The van der Waals surface area contributed by atoms with Crippen LogP contribution in [0.2, 0.25) is 0 Å². The molecule has 0 heterocycles. The van der Waals surface area contributed by atoms with Gasteiger partial charge in [-0.25, -0.2) is 12.7 Å². The van der Waals surface area contributed by atoms with Crippen molar-refractivity contribution in [3.05, 3.63) is 66.2 Å². The van der Waals surface area contributed by atoms with Crippen LogP contribution in [0.1, 0.15) is 18.4 Å². The highest BCUT2D eigenvalue weighted by molar-refractivity contribution is 7.88. The first-order chi connectivity index (χ1) is 12.4. The third kappa shape index (κ3) is 6.28. The van der Waals surface area contributed by atoms with Gasteiger partial charge in [0.25, 0.3) is 0 Å². The Bertz CT molecular complexity index is 792. The second-order valence-electron chi connectivity index (χ2n) is 6.29. The summed E-state index contributed by atoms with van der Waals surface area (Å²) in [6.07, 6.45) is 2.88. The van der Waals surface area contributed by atoms with Crippen molar-refractivity contribution in [1.82, 2.24) is 4.31 Å². The maximum absolute atomic E-state index is 12.4. The van der Waals surface area contributed by atoms with Crippen molar-refractivity contribution in [3.63, 3.8) is 0 Å². The first-order valence-electron chi connectivity index (χ1n) is 8.68. The Morgan fingerprint density at radius 3 is 2.08 bits per heavy atom. The molecular formula is C20H26N2O3S. The number of hydrogen-bond donors (Lipinski definition) is 0. The third-order valence-electron chi connectivity index (χ3n) is 4.28. The van der Waals surface area contributed by atoms with Crippen molar-refractivity contribution in [1.29, 1.82) is 0 Å². The molecular weight excluding hydrogens is 348 g/mol. The molecule has 0 aliphatic heterocycles. The van der Waals surface area contributed by atoms with Crippen molar-refractivity contribution < 1.29 is 13.2 Å². The fourth-order valence-corrected chi connectivity index (χ4v) is 3.61. The minimum Gasteiger partial charge on any atom is -0.315 e. The standard InChI is InChI=1S/C20H26N2O3S/c1-21(19-13-7-4-8-14-19)20(23)15-17-22(26(2,24)25)16-9-12-18-10-5-3-6-11-18/h3-8,10-11,13-14H,9,12,15-17H2,1-2H3. The predicted molar refractivity (Wildman–Crippen MR) is 106 cm³/mol. The molecule has 2 aromatic rings. The van der Waals surface area contributed by atoms with Crippen LogP contribution < -0.4 is 4.90 Å². The van der Waals surface area contributed by atoms with Gasteiger partial charge in [-0.2, -0.15) is 0 Å². The molecule has 26 heavy (non-hydrogen) atoms. The molecule has 1 amide bonds. The van der Waals surface area contributed by atoms with E-state index in [0.717, 1.165) is 18.5 Å². The molecule has 0 spiro atoms. The Hall–Kier alpha value is -2.18. The van der Waals surface area contributed by atoms with E-state index in [1.54, 1.807) is 11.9 Å². The van der Waals surface area contributed by atoms with Gasteiger partial charge in [-0.15, -0.1) is 0 Å². The van der Waals surface area contributed by atoms with Gasteiger partial charge in [0.05, 0.1) is 6.26 Å². The molecule has 5 nitrogen and oxygen atoms in total. The van der Waals surface area contributed by atoms with Crippen LogP contribution >= 0.6 is 0 Å². The Kier molecular flexibility index (Phi) is 7.36. The van der Waals surface area contributed by atoms with Gasteiger partial charge in [0.2, 0.25) is 15.9 Å². The average Bonchev–Trinajstić information content (AvgIpc) is 2.64. The summed E-state index contributed by atoms with van der Waals surface area (Å²) in [6, 6.07) is 19.3. The van der Waals surface area contributed by atoms with Gasteiger partial charge in [0.1, 0.15) is 0 Å². The van der Waals surface area contributed by atoms with Crippen LogP contribution in [-0.2, 0) is 21.2 Å². The second-order valence-corrected chi connectivity index (χ2v) is 8.27. The van der Waals surface area contributed by atoms with Gasteiger partial charge in [-0.1, -0.05) is 48.5 Å². The van der Waals surface area contributed by atoms with Crippen molar-refractivity contribution in [3.8, 4) is 0 Å². The molecule has 0 aliphatic carbocycles. The van der Waals surface area contributed by atoms with Gasteiger partial charge < -0.3 is 4.90 Å². The number of amides is 1. The highest BCUT2D eigenvalue weighted by atomic mass is 32.2. The number of carbonyl (C=O) groups is 1. The van der Waals surface area contributed by atoms with E-state index in [1.807, 2.05) is 60.7 Å².